The summed E-state index contributed by atoms with van der Waals surface area (Å²) in [6.07, 6.45) is 2.65. The Morgan fingerprint density at radius 3 is 2.36 bits per heavy atom. The largest absolute Gasteiger partial charge is 0.492 e. The summed E-state index contributed by atoms with van der Waals surface area (Å²) < 4.78 is 22.5. The number of hydrogen-bond donors (Lipinski definition) is 1. The quantitative estimate of drug-likeness (QED) is 0.504. The topological polar surface area (TPSA) is 96.0 Å². The van der Waals surface area contributed by atoms with E-state index in [9.17, 15) is 9.59 Å². The molecule has 0 radical (unpaired) electrons. The van der Waals surface area contributed by atoms with E-state index in [1.54, 1.807) is 18.2 Å². The van der Waals surface area contributed by atoms with Crippen LogP contribution >= 0.6 is 0 Å². The van der Waals surface area contributed by atoms with Crippen molar-refractivity contribution >= 4 is 25.3 Å². The second kappa shape index (κ2) is 10.2. The maximum absolute atomic E-state index is 12.3. The van der Waals surface area contributed by atoms with E-state index in [1.165, 1.54) is 13.3 Å². The lowest BCUT2D eigenvalue weighted by Crippen LogP contribution is -2.41. The van der Waals surface area contributed by atoms with Gasteiger partial charge in [0.15, 0.2) is 5.69 Å². The number of nitrogens with zero attached hydrogens (tertiary/aromatic N) is 1. The average molecular weight is 452 g/mol. The number of ether oxygens (including phenoxy) is 2. The van der Waals surface area contributed by atoms with Crippen molar-refractivity contribution in [3.05, 3.63) is 71.0 Å². The van der Waals surface area contributed by atoms with Crippen LogP contribution in [0.4, 0.5) is 4.79 Å². The lowest BCUT2D eigenvalue weighted by Gasteiger charge is -2.32. The van der Waals surface area contributed by atoms with E-state index in [-0.39, 0.29) is 18.8 Å². The summed E-state index contributed by atoms with van der Waals surface area (Å²) in [7, 11) is 0.555. The fourth-order valence-electron chi connectivity index (χ4n) is 3.15. The molecule has 33 heavy (non-hydrogen) atoms. The molecular formula is C24H29BN2O6. The summed E-state index contributed by atoms with van der Waals surface area (Å²) in [5.74, 6) is -0.564. The van der Waals surface area contributed by atoms with Crippen molar-refractivity contribution in [2.75, 3.05) is 13.7 Å². The maximum Gasteiger partial charge on any atom is 0.492 e. The van der Waals surface area contributed by atoms with Gasteiger partial charge in [-0.1, -0.05) is 42.5 Å². The molecule has 1 N–H and O–H groups in total. The van der Waals surface area contributed by atoms with E-state index in [2.05, 4.69) is 10.3 Å². The third-order valence-corrected chi connectivity index (χ3v) is 5.76. The van der Waals surface area contributed by atoms with Gasteiger partial charge in [0.25, 0.3) is 0 Å². The minimum absolute atomic E-state index is 0.0833. The summed E-state index contributed by atoms with van der Waals surface area (Å²) >= 11 is 0. The molecule has 1 aromatic heterocycles. The first-order valence-corrected chi connectivity index (χ1v) is 10.7. The second-order valence-electron chi connectivity index (χ2n) is 8.66. The molecule has 1 amide bonds. The number of benzene rings is 1. The number of nitrogens with one attached hydrogen (secondary N) is 1. The van der Waals surface area contributed by atoms with E-state index in [4.69, 9.17) is 18.8 Å². The van der Waals surface area contributed by atoms with Crippen molar-refractivity contribution in [1.29, 1.82) is 0 Å². The standard InChI is InChI=1S/C24H29BN2O6/c1-23(2)24(3,4)33-25(32-23)19(14-18-12-9-13-26-20(18)21(28)30-5)15-27-22(29)31-16-17-10-7-6-8-11-17/h6-14H,15-16H2,1-5H3,(H,27,29). The molecule has 1 aliphatic rings. The zero-order valence-electron chi connectivity index (χ0n) is 19.6. The van der Waals surface area contributed by atoms with Crippen LogP contribution in [-0.2, 0) is 25.4 Å². The smallest absolute Gasteiger partial charge is 0.464 e. The average Bonchev–Trinajstić information content (AvgIpc) is 3.02. The molecule has 174 valence electrons. The number of carbonyl (C=O) groups excluding carboxylic acids is 2. The predicted octanol–water partition coefficient (Wildman–Crippen LogP) is 3.81. The predicted molar refractivity (Wildman–Crippen MR) is 124 cm³/mol. The van der Waals surface area contributed by atoms with Gasteiger partial charge in [-0.05, 0) is 44.8 Å². The Balaban J connectivity index is 1.80. The molecule has 3 rings (SSSR count). The number of pyridine rings is 1. The van der Waals surface area contributed by atoms with Crippen molar-refractivity contribution in [1.82, 2.24) is 10.3 Å². The normalized spacial score (nSPS) is 16.9. The van der Waals surface area contributed by atoms with Crippen LogP contribution in [0.2, 0.25) is 0 Å². The zero-order chi connectivity index (χ0) is 24.1. The number of hydrogen-bond acceptors (Lipinski definition) is 7. The molecule has 1 aliphatic heterocycles. The van der Waals surface area contributed by atoms with Crippen molar-refractivity contribution < 1.29 is 28.4 Å². The van der Waals surface area contributed by atoms with Gasteiger partial charge in [-0.15, -0.1) is 0 Å². The molecule has 9 heteroatoms. The summed E-state index contributed by atoms with van der Waals surface area (Å²) in [4.78, 5) is 28.6. The molecule has 1 saturated heterocycles. The summed E-state index contributed by atoms with van der Waals surface area (Å²) in [6.45, 7) is 8.00. The van der Waals surface area contributed by atoms with Gasteiger partial charge in [0, 0.05) is 18.3 Å². The Bertz CT molecular complexity index is 1010. The molecule has 0 unspecified atom stereocenters. The first-order valence-electron chi connectivity index (χ1n) is 10.7. The number of amides is 1. The summed E-state index contributed by atoms with van der Waals surface area (Å²) in [5, 5.41) is 2.74. The fraction of sp³-hybridized carbons (Fsp3) is 0.375. The third-order valence-electron chi connectivity index (χ3n) is 5.76. The Kier molecular flexibility index (Phi) is 7.55. The third kappa shape index (κ3) is 6.00. The number of esters is 1. The molecule has 2 aromatic rings. The highest BCUT2D eigenvalue weighted by molar-refractivity contribution is 6.56. The van der Waals surface area contributed by atoms with Crippen LogP contribution in [0.15, 0.2) is 54.1 Å². The van der Waals surface area contributed by atoms with E-state index in [1.807, 2.05) is 58.0 Å². The number of alkyl carbamates (subject to hydrolysis) is 1. The van der Waals surface area contributed by atoms with Crippen LogP contribution < -0.4 is 5.32 Å². The number of rotatable bonds is 7. The first kappa shape index (κ1) is 24.5. The van der Waals surface area contributed by atoms with Crippen LogP contribution in [0.5, 0.6) is 0 Å². The van der Waals surface area contributed by atoms with Gasteiger partial charge in [0.1, 0.15) is 6.61 Å². The minimum atomic E-state index is -0.741. The van der Waals surface area contributed by atoms with Crippen LogP contribution in [0, 0.1) is 0 Å². The van der Waals surface area contributed by atoms with Crippen LogP contribution in [0.25, 0.3) is 6.08 Å². The van der Waals surface area contributed by atoms with Crippen LogP contribution in [0.1, 0.15) is 49.3 Å². The molecule has 2 heterocycles. The lowest BCUT2D eigenvalue weighted by atomic mass is 9.77. The van der Waals surface area contributed by atoms with Gasteiger partial charge in [0.2, 0.25) is 0 Å². The Morgan fingerprint density at radius 2 is 1.73 bits per heavy atom. The Labute approximate surface area is 194 Å². The Hall–Kier alpha value is -3.17. The molecule has 8 nitrogen and oxygen atoms in total. The van der Waals surface area contributed by atoms with Gasteiger partial charge in [0.05, 0.1) is 18.3 Å². The van der Waals surface area contributed by atoms with Gasteiger partial charge in [-0.2, -0.15) is 0 Å². The fourth-order valence-corrected chi connectivity index (χ4v) is 3.15. The van der Waals surface area contributed by atoms with Crippen LogP contribution in [0.3, 0.4) is 0 Å². The molecule has 0 aliphatic carbocycles. The van der Waals surface area contributed by atoms with E-state index in [0.29, 0.717) is 11.0 Å². The summed E-state index contributed by atoms with van der Waals surface area (Å²) in [6, 6.07) is 12.8. The number of methoxy groups -OCH3 is 1. The number of carbonyl (C=O) groups is 2. The van der Waals surface area contributed by atoms with Gasteiger partial charge < -0.3 is 24.1 Å². The molecule has 0 atom stereocenters. The van der Waals surface area contributed by atoms with Gasteiger partial charge >= 0.3 is 19.2 Å². The highest BCUT2D eigenvalue weighted by Gasteiger charge is 2.52. The lowest BCUT2D eigenvalue weighted by molar-refractivity contribution is 0.00578. The van der Waals surface area contributed by atoms with Crippen molar-refractivity contribution in [3.63, 3.8) is 0 Å². The van der Waals surface area contributed by atoms with Gasteiger partial charge in [-0.3, -0.25) is 0 Å². The Morgan fingerprint density at radius 1 is 1.06 bits per heavy atom. The summed E-state index contributed by atoms with van der Waals surface area (Å²) in [5.41, 5.74) is 1.00. The molecule has 0 bridgehead atoms. The highest BCUT2D eigenvalue weighted by atomic mass is 16.7. The van der Waals surface area contributed by atoms with Crippen molar-refractivity contribution in [2.24, 2.45) is 0 Å². The first-order chi connectivity index (χ1) is 15.6. The molecule has 1 fully saturated rings. The second-order valence-corrected chi connectivity index (χ2v) is 8.66. The minimum Gasteiger partial charge on any atom is -0.464 e. The monoisotopic (exact) mass is 452 g/mol. The van der Waals surface area contributed by atoms with Crippen LogP contribution in [-0.4, -0.2) is 49.0 Å². The molecule has 1 aromatic carbocycles. The molecule has 0 saturated carbocycles. The van der Waals surface area contributed by atoms with E-state index < -0.39 is 30.4 Å². The van der Waals surface area contributed by atoms with E-state index in [0.717, 1.165) is 5.56 Å². The number of aromatic nitrogens is 1. The van der Waals surface area contributed by atoms with E-state index >= 15 is 0 Å². The highest BCUT2D eigenvalue weighted by Crippen LogP contribution is 2.38. The molecule has 0 spiro atoms. The van der Waals surface area contributed by atoms with Crippen molar-refractivity contribution in [2.45, 2.75) is 45.5 Å². The van der Waals surface area contributed by atoms with Gasteiger partial charge in [-0.25, -0.2) is 14.6 Å². The van der Waals surface area contributed by atoms with Crippen molar-refractivity contribution in [3.8, 4) is 0 Å². The SMILES string of the molecule is COC(=O)c1ncccc1C=C(CNC(=O)OCc1ccccc1)B1OC(C)(C)C(C)(C)O1. The zero-order valence-corrected chi connectivity index (χ0v) is 19.6. The maximum atomic E-state index is 12.3. The molecular weight excluding hydrogens is 423 g/mol.